The van der Waals surface area contributed by atoms with Crippen LogP contribution in [0, 0.1) is 22.7 Å². The Morgan fingerprint density at radius 3 is 2.81 bits per heavy atom. The van der Waals surface area contributed by atoms with Gasteiger partial charge in [-0.15, -0.1) is 0 Å². The lowest BCUT2D eigenvalue weighted by atomic mass is 9.52. The summed E-state index contributed by atoms with van der Waals surface area (Å²) in [6, 6.07) is 0. The maximum atomic E-state index is 2.69. The van der Waals surface area contributed by atoms with Gasteiger partial charge in [-0.05, 0) is 75.5 Å². The quantitative estimate of drug-likeness (QED) is 0.464. The standard InChI is InChI=1S/C21H30/c1-4-15-9-11-18-17-10-8-16-7-5-6-13-20(16,2)19(17)12-14-21(15,18)3/h4,7,12,17-18H,5-6,8-11,13-14H2,1-3H3/t17-,18-,20-,21+/m0/s1. The molecular formula is C21H30. The SMILES string of the molecule is CC=C1CC[C@H]2[C@@H]3CCC4=CCCC[C@]4(C)C3=CC[C@]12C. The molecule has 4 atom stereocenters. The number of hydrogen-bond donors (Lipinski definition) is 0. The van der Waals surface area contributed by atoms with Crippen LogP contribution in [0.1, 0.15) is 72.1 Å². The Morgan fingerprint density at radius 2 is 2.00 bits per heavy atom. The molecule has 4 aliphatic carbocycles. The van der Waals surface area contributed by atoms with Gasteiger partial charge in [0.25, 0.3) is 0 Å². The van der Waals surface area contributed by atoms with E-state index >= 15 is 0 Å². The highest BCUT2D eigenvalue weighted by Crippen LogP contribution is 2.64. The molecule has 0 aromatic heterocycles. The molecule has 21 heavy (non-hydrogen) atoms. The Morgan fingerprint density at radius 1 is 1.14 bits per heavy atom. The van der Waals surface area contributed by atoms with Crippen LogP contribution in [0.4, 0.5) is 0 Å². The first kappa shape index (κ1) is 13.9. The minimum absolute atomic E-state index is 0.432. The molecule has 0 saturated heterocycles. The molecule has 2 saturated carbocycles. The molecule has 0 N–H and O–H groups in total. The van der Waals surface area contributed by atoms with Crippen molar-refractivity contribution in [2.75, 3.05) is 0 Å². The number of allylic oxidation sites excluding steroid dienone is 6. The Labute approximate surface area is 130 Å². The Balaban J connectivity index is 1.77. The molecule has 0 amide bonds. The fourth-order valence-electron chi connectivity index (χ4n) is 6.37. The van der Waals surface area contributed by atoms with Gasteiger partial charge in [-0.2, -0.15) is 0 Å². The maximum Gasteiger partial charge on any atom is 0.00952 e. The molecular weight excluding hydrogens is 252 g/mol. The van der Waals surface area contributed by atoms with Crippen LogP contribution in [-0.4, -0.2) is 0 Å². The summed E-state index contributed by atoms with van der Waals surface area (Å²) in [6.07, 6.45) is 18.7. The van der Waals surface area contributed by atoms with Crippen LogP contribution in [0.5, 0.6) is 0 Å². The van der Waals surface area contributed by atoms with E-state index in [-0.39, 0.29) is 0 Å². The highest BCUT2D eigenvalue weighted by molar-refractivity contribution is 5.40. The van der Waals surface area contributed by atoms with Crippen LogP contribution in [0.2, 0.25) is 0 Å². The number of fused-ring (bicyclic) bond motifs is 5. The molecule has 0 aliphatic heterocycles. The minimum Gasteiger partial charge on any atom is -0.0879 e. The van der Waals surface area contributed by atoms with Crippen molar-refractivity contribution in [3.05, 3.63) is 34.9 Å². The van der Waals surface area contributed by atoms with Gasteiger partial charge in [0, 0.05) is 5.41 Å². The van der Waals surface area contributed by atoms with Gasteiger partial charge in [-0.25, -0.2) is 0 Å². The van der Waals surface area contributed by atoms with E-state index in [1.165, 1.54) is 51.4 Å². The maximum absolute atomic E-state index is 2.69. The first-order valence-corrected chi connectivity index (χ1v) is 9.15. The van der Waals surface area contributed by atoms with E-state index in [2.05, 4.69) is 39.0 Å². The summed E-state index contributed by atoms with van der Waals surface area (Å²) in [4.78, 5) is 0. The van der Waals surface area contributed by atoms with Crippen molar-refractivity contribution in [1.29, 1.82) is 0 Å². The second kappa shape index (κ2) is 4.61. The van der Waals surface area contributed by atoms with Gasteiger partial charge in [0.2, 0.25) is 0 Å². The van der Waals surface area contributed by atoms with E-state index in [9.17, 15) is 0 Å². The van der Waals surface area contributed by atoms with Crippen molar-refractivity contribution in [1.82, 2.24) is 0 Å². The average Bonchev–Trinajstić information content (AvgIpc) is 2.83. The number of rotatable bonds is 0. The topological polar surface area (TPSA) is 0 Å². The number of hydrogen-bond acceptors (Lipinski definition) is 0. The van der Waals surface area contributed by atoms with Gasteiger partial charge >= 0.3 is 0 Å². The second-order valence-corrected chi connectivity index (χ2v) is 8.34. The predicted octanol–water partition coefficient (Wildman–Crippen LogP) is 6.21. The molecule has 0 aromatic rings. The Kier molecular flexibility index (Phi) is 3.04. The highest BCUT2D eigenvalue weighted by atomic mass is 14.6. The summed E-state index contributed by atoms with van der Waals surface area (Å²) in [5, 5.41) is 0. The third kappa shape index (κ3) is 1.74. The molecule has 0 heterocycles. The van der Waals surface area contributed by atoms with E-state index < -0.39 is 0 Å². The molecule has 0 heteroatoms. The van der Waals surface area contributed by atoms with Gasteiger partial charge in [-0.3, -0.25) is 0 Å². The summed E-state index contributed by atoms with van der Waals surface area (Å²) in [5.74, 6) is 1.80. The predicted molar refractivity (Wildman–Crippen MR) is 90.1 cm³/mol. The molecule has 0 aromatic carbocycles. The van der Waals surface area contributed by atoms with Gasteiger partial charge in [-0.1, -0.05) is 48.8 Å². The second-order valence-electron chi connectivity index (χ2n) is 8.34. The molecule has 4 aliphatic rings. The zero-order valence-corrected chi connectivity index (χ0v) is 14.0. The summed E-state index contributed by atoms with van der Waals surface area (Å²) in [5.41, 5.74) is 6.29. The molecule has 4 rings (SSSR count). The van der Waals surface area contributed by atoms with Gasteiger partial charge < -0.3 is 0 Å². The summed E-state index contributed by atoms with van der Waals surface area (Å²) in [7, 11) is 0. The van der Waals surface area contributed by atoms with Crippen LogP contribution >= 0.6 is 0 Å². The molecule has 0 bridgehead atoms. The smallest absolute Gasteiger partial charge is 0.00952 e. The van der Waals surface area contributed by atoms with E-state index in [1.54, 1.807) is 11.1 Å². The molecule has 0 nitrogen and oxygen atoms in total. The van der Waals surface area contributed by atoms with Crippen molar-refractivity contribution in [3.8, 4) is 0 Å². The lowest BCUT2D eigenvalue weighted by molar-refractivity contribution is 0.142. The first-order valence-electron chi connectivity index (χ1n) is 9.15. The Hall–Kier alpha value is -0.780. The van der Waals surface area contributed by atoms with Gasteiger partial charge in [0.1, 0.15) is 0 Å². The Bertz CT molecular complexity index is 546. The van der Waals surface area contributed by atoms with Gasteiger partial charge in [0.05, 0.1) is 0 Å². The van der Waals surface area contributed by atoms with Crippen molar-refractivity contribution in [2.24, 2.45) is 22.7 Å². The lowest BCUT2D eigenvalue weighted by Crippen LogP contribution is -2.42. The largest absolute Gasteiger partial charge is 0.0879 e. The summed E-state index contributed by atoms with van der Waals surface area (Å²) >= 11 is 0. The van der Waals surface area contributed by atoms with Crippen LogP contribution in [0.15, 0.2) is 34.9 Å². The fourth-order valence-corrected chi connectivity index (χ4v) is 6.37. The monoisotopic (exact) mass is 282 g/mol. The van der Waals surface area contributed by atoms with Crippen molar-refractivity contribution in [3.63, 3.8) is 0 Å². The van der Waals surface area contributed by atoms with Gasteiger partial charge in [0.15, 0.2) is 0 Å². The summed E-state index contributed by atoms with van der Waals surface area (Å²) in [6.45, 7) is 7.37. The van der Waals surface area contributed by atoms with Crippen molar-refractivity contribution < 1.29 is 0 Å². The molecule has 0 spiro atoms. The molecule has 0 unspecified atom stereocenters. The molecule has 114 valence electrons. The van der Waals surface area contributed by atoms with E-state index in [4.69, 9.17) is 0 Å². The fraction of sp³-hybridized carbons (Fsp3) is 0.714. The van der Waals surface area contributed by atoms with Crippen LogP contribution in [0.25, 0.3) is 0 Å². The third-order valence-corrected chi connectivity index (χ3v) is 7.60. The third-order valence-electron chi connectivity index (χ3n) is 7.60. The van der Waals surface area contributed by atoms with Crippen molar-refractivity contribution in [2.45, 2.75) is 72.1 Å². The van der Waals surface area contributed by atoms with E-state index in [0.717, 1.165) is 11.8 Å². The lowest BCUT2D eigenvalue weighted by Gasteiger charge is -2.53. The molecule has 2 fully saturated rings. The average molecular weight is 282 g/mol. The minimum atomic E-state index is 0.432. The first-order chi connectivity index (χ1) is 10.1. The van der Waals surface area contributed by atoms with E-state index in [1.807, 2.05) is 5.57 Å². The summed E-state index contributed by atoms with van der Waals surface area (Å²) < 4.78 is 0. The van der Waals surface area contributed by atoms with Crippen molar-refractivity contribution >= 4 is 0 Å². The van der Waals surface area contributed by atoms with E-state index in [0.29, 0.717) is 10.8 Å². The normalized spacial score (nSPS) is 47.3. The zero-order valence-electron chi connectivity index (χ0n) is 14.0. The van der Waals surface area contributed by atoms with Crippen LogP contribution in [0.3, 0.4) is 0 Å². The zero-order chi connectivity index (χ0) is 14.7. The van der Waals surface area contributed by atoms with Crippen LogP contribution in [-0.2, 0) is 0 Å². The molecule has 0 radical (unpaired) electrons. The highest BCUT2D eigenvalue weighted by Gasteiger charge is 2.53. The van der Waals surface area contributed by atoms with Crippen LogP contribution < -0.4 is 0 Å².